The maximum Gasteiger partial charge on any atom is 0.338 e. The molecule has 1 amide bonds. The Hall–Kier alpha value is -3.12. The fraction of sp³-hybridized carbons (Fsp3) is 0.136. The molecule has 1 aliphatic heterocycles. The van der Waals surface area contributed by atoms with Crippen molar-refractivity contribution in [1.82, 2.24) is 0 Å². The van der Waals surface area contributed by atoms with E-state index in [4.69, 9.17) is 4.74 Å². The van der Waals surface area contributed by atoms with Crippen molar-refractivity contribution < 1.29 is 14.3 Å². The van der Waals surface area contributed by atoms with Crippen LogP contribution in [0.1, 0.15) is 22.8 Å². The molecule has 0 saturated carbocycles. The molecule has 0 bridgehead atoms. The van der Waals surface area contributed by atoms with Crippen LogP contribution < -0.4 is 4.90 Å². The van der Waals surface area contributed by atoms with Crippen LogP contribution in [0, 0.1) is 0 Å². The van der Waals surface area contributed by atoms with Crippen molar-refractivity contribution in [2.75, 3.05) is 17.3 Å². The molecule has 0 unspecified atom stereocenters. The largest absolute Gasteiger partial charge is 0.462 e. The van der Waals surface area contributed by atoms with Gasteiger partial charge in [0.2, 0.25) is 0 Å². The van der Waals surface area contributed by atoms with Gasteiger partial charge in [-0.2, -0.15) is 0 Å². The summed E-state index contributed by atoms with van der Waals surface area (Å²) in [5, 5.41) is 0.580. The molecule has 142 valence electrons. The van der Waals surface area contributed by atoms with Gasteiger partial charge in [-0.1, -0.05) is 48.2 Å². The van der Waals surface area contributed by atoms with Gasteiger partial charge in [-0.3, -0.25) is 9.69 Å². The number of carbonyl (C=O) groups is 2. The topological polar surface area (TPSA) is 59.0 Å². The fourth-order valence-electron chi connectivity index (χ4n) is 2.62. The third-order valence-corrected chi connectivity index (χ3v) is 4.83. The third-order valence-electron chi connectivity index (χ3n) is 3.90. The summed E-state index contributed by atoms with van der Waals surface area (Å²) in [7, 11) is 0. The van der Waals surface area contributed by atoms with Gasteiger partial charge < -0.3 is 4.74 Å². The highest BCUT2D eigenvalue weighted by Crippen LogP contribution is 2.29. The number of anilines is 1. The van der Waals surface area contributed by atoms with Gasteiger partial charge in [0.15, 0.2) is 5.17 Å². The predicted octanol–water partition coefficient (Wildman–Crippen LogP) is 4.53. The molecular formula is C22H20N2O3S. The Labute approximate surface area is 168 Å². The van der Waals surface area contributed by atoms with Crippen LogP contribution in [-0.4, -0.2) is 29.4 Å². The maximum absolute atomic E-state index is 13.0. The quantitative estimate of drug-likeness (QED) is 0.412. The molecular weight excluding hydrogens is 372 g/mol. The number of benzene rings is 2. The minimum atomic E-state index is -0.388. The molecule has 1 aliphatic rings. The van der Waals surface area contributed by atoms with Crippen LogP contribution >= 0.6 is 11.8 Å². The van der Waals surface area contributed by atoms with E-state index in [1.807, 2.05) is 30.3 Å². The van der Waals surface area contributed by atoms with Crippen LogP contribution in [0.5, 0.6) is 0 Å². The monoisotopic (exact) mass is 392 g/mol. The summed E-state index contributed by atoms with van der Waals surface area (Å²) in [5.74, 6) is 0.0305. The normalized spacial score (nSPS) is 14.9. The first-order valence-electron chi connectivity index (χ1n) is 8.84. The minimum absolute atomic E-state index is 0.209. The number of hydrogen-bond acceptors (Lipinski definition) is 5. The number of amidine groups is 1. The smallest absolute Gasteiger partial charge is 0.338 e. The number of amides is 1. The first-order chi connectivity index (χ1) is 13.6. The summed E-state index contributed by atoms with van der Waals surface area (Å²) < 4.78 is 5.00. The Morgan fingerprint density at radius 3 is 2.54 bits per heavy atom. The first-order valence-corrected chi connectivity index (χ1v) is 9.83. The molecule has 2 aromatic rings. The Kier molecular flexibility index (Phi) is 6.45. The van der Waals surface area contributed by atoms with Gasteiger partial charge in [0.1, 0.15) is 5.70 Å². The molecule has 0 spiro atoms. The molecule has 6 heteroatoms. The van der Waals surface area contributed by atoms with Gasteiger partial charge in [0, 0.05) is 5.75 Å². The Morgan fingerprint density at radius 2 is 1.89 bits per heavy atom. The van der Waals surface area contributed by atoms with E-state index in [-0.39, 0.29) is 11.9 Å². The van der Waals surface area contributed by atoms with Gasteiger partial charge in [-0.05, 0) is 42.8 Å². The third kappa shape index (κ3) is 4.40. The van der Waals surface area contributed by atoms with E-state index < -0.39 is 0 Å². The second-order valence-electron chi connectivity index (χ2n) is 5.84. The van der Waals surface area contributed by atoms with E-state index in [9.17, 15) is 9.59 Å². The van der Waals surface area contributed by atoms with Crippen molar-refractivity contribution in [3.8, 4) is 0 Å². The summed E-state index contributed by atoms with van der Waals surface area (Å²) in [6.07, 6.45) is 3.53. The van der Waals surface area contributed by atoms with E-state index in [1.54, 1.807) is 48.2 Å². The number of hydrogen-bond donors (Lipinski definition) is 0. The lowest BCUT2D eigenvalue weighted by Gasteiger charge is -2.17. The van der Waals surface area contributed by atoms with Crippen LogP contribution in [0.3, 0.4) is 0 Å². The molecule has 0 fully saturated rings. The average Bonchev–Trinajstić information content (AvgIpc) is 3.02. The van der Waals surface area contributed by atoms with Crippen LogP contribution in [0.2, 0.25) is 0 Å². The number of nitrogens with zero attached hydrogens (tertiary/aromatic N) is 2. The van der Waals surface area contributed by atoms with Crippen LogP contribution in [0.15, 0.2) is 77.9 Å². The highest BCUT2D eigenvalue weighted by Gasteiger charge is 2.31. The minimum Gasteiger partial charge on any atom is -0.462 e. The molecule has 1 heterocycles. The van der Waals surface area contributed by atoms with Gasteiger partial charge >= 0.3 is 5.97 Å². The molecule has 0 atom stereocenters. The van der Waals surface area contributed by atoms with Crippen molar-refractivity contribution in [3.63, 3.8) is 0 Å². The van der Waals surface area contributed by atoms with Gasteiger partial charge in [-0.15, -0.1) is 6.58 Å². The highest BCUT2D eigenvalue weighted by atomic mass is 32.2. The molecule has 0 aliphatic carbocycles. The SMILES string of the molecule is C=CCSC1=NC(=Cc2ccccc2)C(=O)N1c1ccc(C(=O)OCC)cc1. The lowest BCUT2D eigenvalue weighted by Crippen LogP contribution is -2.30. The van der Waals surface area contributed by atoms with E-state index in [0.29, 0.717) is 34.5 Å². The number of aliphatic imine (C=N–C) groups is 1. The Bertz CT molecular complexity index is 934. The van der Waals surface area contributed by atoms with Crippen molar-refractivity contribution in [1.29, 1.82) is 0 Å². The van der Waals surface area contributed by atoms with Crippen LogP contribution in [0.25, 0.3) is 6.08 Å². The number of thioether (sulfide) groups is 1. The molecule has 2 aromatic carbocycles. The standard InChI is InChI=1S/C22H20N2O3S/c1-3-14-28-22-23-19(15-16-8-6-5-7-9-16)20(25)24(22)18-12-10-17(11-13-18)21(26)27-4-2/h3,5-13,15H,1,4,14H2,2H3. The lowest BCUT2D eigenvalue weighted by molar-refractivity contribution is -0.113. The Balaban J connectivity index is 1.91. The summed E-state index contributed by atoms with van der Waals surface area (Å²) in [5.41, 5.74) is 2.36. The molecule has 5 nitrogen and oxygen atoms in total. The van der Waals surface area contributed by atoms with E-state index in [1.165, 1.54) is 11.8 Å². The number of ether oxygens (including phenoxy) is 1. The van der Waals surface area contributed by atoms with Crippen molar-refractivity contribution in [2.24, 2.45) is 4.99 Å². The zero-order chi connectivity index (χ0) is 19.9. The maximum atomic E-state index is 13.0. The van der Waals surface area contributed by atoms with E-state index in [0.717, 1.165) is 5.56 Å². The molecule has 3 rings (SSSR count). The van der Waals surface area contributed by atoms with E-state index >= 15 is 0 Å². The summed E-state index contributed by atoms with van der Waals surface area (Å²) in [6.45, 7) is 5.80. The molecule has 0 N–H and O–H groups in total. The van der Waals surface area contributed by atoms with Gasteiger partial charge in [-0.25, -0.2) is 9.79 Å². The van der Waals surface area contributed by atoms with Gasteiger partial charge in [0.25, 0.3) is 5.91 Å². The predicted molar refractivity (Wildman–Crippen MR) is 114 cm³/mol. The Morgan fingerprint density at radius 1 is 1.18 bits per heavy atom. The highest BCUT2D eigenvalue weighted by molar-refractivity contribution is 8.14. The van der Waals surface area contributed by atoms with Crippen LogP contribution in [-0.2, 0) is 9.53 Å². The summed E-state index contributed by atoms with van der Waals surface area (Å²) in [4.78, 5) is 30.9. The van der Waals surface area contributed by atoms with Crippen molar-refractivity contribution >= 4 is 40.6 Å². The van der Waals surface area contributed by atoms with Crippen molar-refractivity contribution in [3.05, 3.63) is 84.1 Å². The molecule has 0 aromatic heterocycles. The van der Waals surface area contributed by atoms with Crippen LogP contribution in [0.4, 0.5) is 5.69 Å². The lowest BCUT2D eigenvalue weighted by atomic mass is 10.1. The number of rotatable bonds is 6. The van der Waals surface area contributed by atoms with E-state index in [2.05, 4.69) is 11.6 Å². The second kappa shape index (κ2) is 9.19. The zero-order valence-corrected chi connectivity index (χ0v) is 16.3. The summed E-state index contributed by atoms with van der Waals surface area (Å²) in [6, 6.07) is 16.3. The molecule has 0 saturated heterocycles. The first kappa shape index (κ1) is 19.6. The summed E-state index contributed by atoms with van der Waals surface area (Å²) >= 11 is 1.43. The molecule has 28 heavy (non-hydrogen) atoms. The van der Waals surface area contributed by atoms with Crippen molar-refractivity contribution in [2.45, 2.75) is 6.92 Å². The average molecular weight is 392 g/mol. The zero-order valence-electron chi connectivity index (χ0n) is 15.5. The fourth-order valence-corrected chi connectivity index (χ4v) is 3.37. The number of carbonyl (C=O) groups excluding carboxylic acids is 2. The molecule has 0 radical (unpaired) electrons. The number of esters is 1. The second-order valence-corrected chi connectivity index (χ2v) is 6.83. The van der Waals surface area contributed by atoms with Gasteiger partial charge in [0.05, 0.1) is 17.9 Å².